The molecule has 2 rings (SSSR count). The monoisotopic (exact) mass is 250 g/mol. The van der Waals surface area contributed by atoms with E-state index in [4.69, 9.17) is 11.6 Å². The maximum absolute atomic E-state index is 12.1. The number of nitrogens with zero attached hydrogens (tertiary/aromatic N) is 1. The number of H-pyrrole nitrogens is 1. The van der Waals surface area contributed by atoms with Crippen LogP contribution in [0.1, 0.15) is 6.92 Å². The van der Waals surface area contributed by atoms with Crippen LogP contribution in [0.5, 0.6) is 0 Å². The number of rotatable bonds is 2. The van der Waals surface area contributed by atoms with Gasteiger partial charge < -0.3 is 0 Å². The minimum Gasteiger partial charge on any atom is -0.297 e. The fraction of sp³-hybridized carbons (Fsp3) is 0.167. The van der Waals surface area contributed by atoms with Gasteiger partial charge in [-0.05, 0) is 12.5 Å². The Hall–Kier alpha value is -1.81. The molecule has 88 valence electrons. The molecule has 1 aromatic carbocycles. The summed E-state index contributed by atoms with van der Waals surface area (Å²) in [4.78, 5) is 26.1. The highest BCUT2D eigenvalue weighted by Gasteiger charge is 2.13. The Morgan fingerprint density at radius 2 is 1.88 bits per heavy atom. The highest BCUT2D eigenvalue weighted by molar-refractivity contribution is 6.32. The lowest BCUT2D eigenvalue weighted by Gasteiger charge is -2.07. The summed E-state index contributed by atoms with van der Waals surface area (Å²) in [6.07, 6.45) is 0. The van der Waals surface area contributed by atoms with Gasteiger partial charge in [0.2, 0.25) is 0 Å². The fourth-order valence-electron chi connectivity index (χ4n) is 1.69. The highest BCUT2D eigenvalue weighted by Crippen LogP contribution is 2.20. The minimum atomic E-state index is -0.484. The predicted molar refractivity (Wildman–Crippen MR) is 67.4 cm³/mol. The normalized spacial score (nSPS) is 10.5. The second-order valence-electron chi connectivity index (χ2n) is 3.53. The molecule has 0 bridgehead atoms. The lowest BCUT2D eigenvalue weighted by Crippen LogP contribution is -2.35. The van der Waals surface area contributed by atoms with Crippen molar-refractivity contribution >= 4 is 11.6 Å². The number of aromatic nitrogens is 2. The van der Waals surface area contributed by atoms with E-state index in [2.05, 4.69) is 4.98 Å². The lowest BCUT2D eigenvalue weighted by atomic mass is 10.1. The Balaban J connectivity index is 2.80. The topological polar surface area (TPSA) is 54.9 Å². The summed E-state index contributed by atoms with van der Waals surface area (Å²) in [5, 5.41) is 0.0795. The van der Waals surface area contributed by atoms with E-state index in [0.717, 1.165) is 4.57 Å². The van der Waals surface area contributed by atoms with Crippen molar-refractivity contribution in [3.8, 4) is 11.1 Å². The molecule has 0 radical (unpaired) electrons. The molecule has 0 amide bonds. The average molecular weight is 251 g/mol. The summed E-state index contributed by atoms with van der Waals surface area (Å²) >= 11 is 5.93. The van der Waals surface area contributed by atoms with Gasteiger partial charge in [-0.15, -0.1) is 0 Å². The molecule has 0 saturated carbocycles. The first-order chi connectivity index (χ1) is 8.15. The SMILES string of the molecule is CCn1c(=O)[nH]c(Cl)c(-c2ccccc2)c1=O. The molecule has 0 aliphatic heterocycles. The van der Waals surface area contributed by atoms with Crippen LogP contribution in [0.25, 0.3) is 11.1 Å². The van der Waals surface area contributed by atoms with Crippen LogP contribution >= 0.6 is 11.6 Å². The molecule has 1 heterocycles. The standard InChI is InChI=1S/C12H11ClN2O2/c1-2-15-11(16)9(10(13)14-12(15)17)8-6-4-3-5-7-8/h3-7H,2H2,1H3,(H,14,17). The summed E-state index contributed by atoms with van der Waals surface area (Å²) in [5.74, 6) is 0. The zero-order valence-corrected chi connectivity index (χ0v) is 9.99. The number of nitrogens with one attached hydrogen (secondary N) is 1. The number of hydrogen-bond donors (Lipinski definition) is 1. The molecule has 1 N–H and O–H groups in total. The van der Waals surface area contributed by atoms with E-state index in [-0.39, 0.29) is 10.7 Å². The van der Waals surface area contributed by atoms with E-state index < -0.39 is 5.69 Å². The van der Waals surface area contributed by atoms with Crippen LogP contribution < -0.4 is 11.2 Å². The third kappa shape index (κ3) is 2.03. The smallest absolute Gasteiger partial charge is 0.297 e. The number of benzene rings is 1. The summed E-state index contributed by atoms with van der Waals surface area (Å²) < 4.78 is 1.12. The van der Waals surface area contributed by atoms with Gasteiger partial charge in [-0.25, -0.2) is 4.79 Å². The summed E-state index contributed by atoms with van der Waals surface area (Å²) in [6.45, 7) is 2.05. The van der Waals surface area contributed by atoms with Crippen molar-refractivity contribution in [1.29, 1.82) is 0 Å². The molecule has 0 unspecified atom stereocenters. The molecule has 5 heteroatoms. The minimum absolute atomic E-state index is 0.0795. The van der Waals surface area contributed by atoms with Crippen LogP contribution in [-0.2, 0) is 6.54 Å². The molecule has 17 heavy (non-hydrogen) atoms. The van der Waals surface area contributed by atoms with Gasteiger partial charge in [0, 0.05) is 6.54 Å². The van der Waals surface area contributed by atoms with E-state index in [1.54, 1.807) is 19.1 Å². The first kappa shape index (κ1) is 11.7. The molecule has 0 saturated heterocycles. The van der Waals surface area contributed by atoms with Gasteiger partial charge in [-0.3, -0.25) is 14.3 Å². The molecule has 0 fully saturated rings. The summed E-state index contributed by atoms with van der Waals surface area (Å²) in [7, 11) is 0. The Bertz CT molecular complexity index is 644. The van der Waals surface area contributed by atoms with Gasteiger partial charge in [0.1, 0.15) is 5.15 Å². The zero-order valence-electron chi connectivity index (χ0n) is 9.24. The first-order valence-electron chi connectivity index (χ1n) is 5.23. The van der Waals surface area contributed by atoms with Crippen molar-refractivity contribution in [1.82, 2.24) is 9.55 Å². The fourth-order valence-corrected chi connectivity index (χ4v) is 1.96. The van der Waals surface area contributed by atoms with Gasteiger partial charge >= 0.3 is 5.69 Å². The Morgan fingerprint density at radius 1 is 1.24 bits per heavy atom. The molecule has 0 aliphatic rings. The van der Waals surface area contributed by atoms with Crippen LogP contribution in [-0.4, -0.2) is 9.55 Å². The zero-order chi connectivity index (χ0) is 12.4. The predicted octanol–water partition coefficient (Wildman–Crippen LogP) is 1.88. The number of aromatic amines is 1. The Kier molecular flexibility index (Phi) is 3.15. The highest BCUT2D eigenvalue weighted by atomic mass is 35.5. The third-order valence-corrected chi connectivity index (χ3v) is 2.80. The van der Waals surface area contributed by atoms with Crippen molar-refractivity contribution in [2.45, 2.75) is 13.5 Å². The van der Waals surface area contributed by atoms with Gasteiger partial charge in [0.15, 0.2) is 0 Å². The average Bonchev–Trinajstić information content (AvgIpc) is 2.30. The number of halogens is 1. The van der Waals surface area contributed by atoms with E-state index >= 15 is 0 Å². The van der Waals surface area contributed by atoms with E-state index in [1.165, 1.54) is 0 Å². The van der Waals surface area contributed by atoms with Crippen molar-refractivity contribution in [2.24, 2.45) is 0 Å². The molecule has 0 aliphatic carbocycles. The Labute approximate surface area is 102 Å². The first-order valence-corrected chi connectivity index (χ1v) is 5.61. The molecule has 0 atom stereocenters. The molecule has 2 aromatic rings. The quantitative estimate of drug-likeness (QED) is 0.828. The maximum atomic E-state index is 12.1. The summed E-state index contributed by atoms with van der Waals surface area (Å²) in [5.41, 5.74) is 0.171. The molecule has 1 aromatic heterocycles. The van der Waals surface area contributed by atoms with Crippen LogP contribution in [0.2, 0.25) is 5.15 Å². The van der Waals surface area contributed by atoms with Crippen molar-refractivity contribution in [3.63, 3.8) is 0 Å². The van der Waals surface area contributed by atoms with Crippen molar-refractivity contribution < 1.29 is 0 Å². The molecular formula is C12H11ClN2O2. The van der Waals surface area contributed by atoms with E-state index in [9.17, 15) is 9.59 Å². The van der Waals surface area contributed by atoms with Crippen LogP contribution in [0.15, 0.2) is 39.9 Å². The largest absolute Gasteiger partial charge is 0.329 e. The third-order valence-electron chi connectivity index (χ3n) is 2.52. The van der Waals surface area contributed by atoms with Crippen molar-refractivity contribution in [2.75, 3.05) is 0 Å². The van der Waals surface area contributed by atoms with Gasteiger partial charge in [-0.2, -0.15) is 0 Å². The van der Waals surface area contributed by atoms with E-state index in [0.29, 0.717) is 17.7 Å². The Morgan fingerprint density at radius 3 is 2.47 bits per heavy atom. The van der Waals surface area contributed by atoms with Gasteiger partial charge in [-0.1, -0.05) is 41.9 Å². The van der Waals surface area contributed by atoms with Crippen LogP contribution in [0.3, 0.4) is 0 Å². The summed E-state index contributed by atoms with van der Waals surface area (Å²) in [6, 6.07) is 9.03. The maximum Gasteiger partial charge on any atom is 0.329 e. The molecular weight excluding hydrogens is 240 g/mol. The molecule has 0 spiro atoms. The van der Waals surface area contributed by atoms with Crippen molar-refractivity contribution in [3.05, 3.63) is 56.3 Å². The number of hydrogen-bond acceptors (Lipinski definition) is 2. The molecule has 4 nitrogen and oxygen atoms in total. The van der Waals surface area contributed by atoms with Crippen LogP contribution in [0.4, 0.5) is 0 Å². The lowest BCUT2D eigenvalue weighted by molar-refractivity contribution is 0.675. The van der Waals surface area contributed by atoms with Gasteiger partial charge in [0.05, 0.1) is 5.56 Å². The van der Waals surface area contributed by atoms with Gasteiger partial charge in [0.25, 0.3) is 5.56 Å². The van der Waals surface area contributed by atoms with E-state index in [1.807, 2.05) is 18.2 Å². The van der Waals surface area contributed by atoms with Crippen LogP contribution in [0, 0.1) is 0 Å². The second-order valence-corrected chi connectivity index (χ2v) is 3.91. The second kappa shape index (κ2) is 4.59.